The Hall–Kier alpha value is -3.02. The Kier molecular flexibility index (Phi) is 4.40. The van der Waals surface area contributed by atoms with Crippen LogP contribution in [0.15, 0.2) is 48.5 Å². The highest BCUT2D eigenvalue weighted by Crippen LogP contribution is 2.14. The number of ether oxygens (including phenoxy) is 1. The lowest BCUT2D eigenvalue weighted by atomic mass is 10.2. The number of carbonyl (C=O) groups excluding carboxylic acids is 2. The Morgan fingerprint density at radius 3 is 2.43 bits per heavy atom. The molecule has 0 aliphatic heterocycles. The van der Waals surface area contributed by atoms with Gasteiger partial charge in [0.05, 0.1) is 0 Å². The second-order valence-electron chi connectivity index (χ2n) is 4.35. The highest BCUT2D eigenvalue weighted by atomic mass is 16.5. The Morgan fingerprint density at radius 2 is 1.81 bits per heavy atom. The first-order chi connectivity index (χ1) is 10.0. The monoisotopic (exact) mass is 285 g/mol. The van der Waals surface area contributed by atoms with Gasteiger partial charge in [-0.05, 0) is 36.4 Å². The number of benzene rings is 2. The molecule has 0 spiro atoms. The highest BCUT2D eigenvalue weighted by molar-refractivity contribution is 5.95. The largest absolute Gasteiger partial charge is 0.484 e. The minimum Gasteiger partial charge on any atom is -0.484 e. The van der Waals surface area contributed by atoms with Crippen molar-refractivity contribution in [1.29, 1.82) is 0 Å². The molecule has 2 aromatic carbocycles. The van der Waals surface area contributed by atoms with Crippen molar-refractivity contribution in [2.45, 2.75) is 0 Å². The molecule has 0 aliphatic carbocycles. The SMILES string of the molecule is NC(=O)c1ccc(NC(=O)COc2cccc(N)c2)cc1. The number of amides is 2. The summed E-state index contributed by atoms with van der Waals surface area (Å²) >= 11 is 0. The molecule has 0 aromatic heterocycles. The van der Waals surface area contributed by atoms with Crippen molar-refractivity contribution < 1.29 is 14.3 Å². The maximum absolute atomic E-state index is 11.7. The number of nitrogen functional groups attached to an aromatic ring is 1. The molecule has 0 heterocycles. The van der Waals surface area contributed by atoms with Crippen molar-refractivity contribution in [3.05, 3.63) is 54.1 Å². The van der Waals surface area contributed by atoms with Gasteiger partial charge in [0.1, 0.15) is 5.75 Å². The molecule has 5 N–H and O–H groups in total. The molecular weight excluding hydrogens is 270 g/mol. The Labute approximate surface area is 121 Å². The fourth-order valence-electron chi connectivity index (χ4n) is 1.67. The smallest absolute Gasteiger partial charge is 0.262 e. The molecule has 2 rings (SSSR count). The average Bonchev–Trinajstić information content (AvgIpc) is 2.46. The quantitative estimate of drug-likeness (QED) is 0.721. The van der Waals surface area contributed by atoms with Crippen LogP contribution in [-0.4, -0.2) is 18.4 Å². The van der Waals surface area contributed by atoms with Crippen molar-refractivity contribution in [1.82, 2.24) is 0 Å². The molecule has 108 valence electrons. The Balaban J connectivity index is 1.88. The van der Waals surface area contributed by atoms with E-state index < -0.39 is 5.91 Å². The third-order valence-corrected chi connectivity index (χ3v) is 2.68. The van der Waals surface area contributed by atoms with Gasteiger partial charge in [0.25, 0.3) is 5.91 Å². The van der Waals surface area contributed by atoms with Gasteiger partial charge in [0, 0.05) is 23.0 Å². The minimum absolute atomic E-state index is 0.138. The van der Waals surface area contributed by atoms with E-state index in [1.807, 2.05) is 0 Å². The van der Waals surface area contributed by atoms with E-state index in [1.165, 1.54) is 12.1 Å². The van der Waals surface area contributed by atoms with E-state index in [-0.39, 0.29) is 12.5 Å². The van der Waals surface area contributed by atoms with Crippen LogP contribution in [0.5, 0.6) is 5.75 Å². The van der Waals surface area contributed by atoms with Gasteiger partial charge in [0.2, 0.25) is 5.91 Å². The summed E-state index contributed by atoms with van der Waals surface area (Å²) in [6.07, 6.45) is 0. The number of rotatable bonds is 5. The van der Waals surface area contributed by atoms with Crippen LogP contribution < -0.4 is 21.5 Å². The van der Waals surface area contributed by atoms with Crippen molar-refractivity contribution in [3.63, 3.8) is 0 Å². The van der Waals surface area contributed by atoms with Crippen LogP contribution in [0.25, 0.3) is 0 Å². The van der Waals surface area contributed by atoms with Crippen LogP contribution in [-0.2, 0) is 4.79 Å². The zero-order chi connectivity index (χ0) is 15.2. The molecule has 0 bridgehead atoms. The van der Waals surface area contributed by atoms with Crippen LogP contribution in [0.3, 0.4) is 0 Å². The van der Waals surface area contributed by atoms with E-state index in [4.69, 9.17) is 16.2 Å². The molecular formula is C15H15N3O3. The number of nitrogens with two attached hydrogens (primary N) is 2. The van der Waals surface area contributed by atoms with Gasteiger partial charge in [0.15, 0.2) is 6.61 Å². The van der Waals surface area contributed by atoms with Crippen molar-refractivity contribution >= 4 is 23.2 Å². The zero-order valence-electron chi connectivity index (χ0n) is 11.2. The number of anilines is 2. The first-order valence-corrected chi connectivity index (χ1v) is 6.22. The lowest BCUT2D eigenvalue weighted by molar-refractivity contribution is -0.118. The molecule has 6 heteroatoms. The summed E-state index contributed by atoms with van der Waals surface area (Å²) in [6.45, 7) is -0.138. The van der Waals surface area contributed by atoms with Crippen LogP contribution in [0.1, 0.15) is 10.4 Å². The molecule has 0 atom stereocenters. The molecule has 0 radical (unpaired) electrons. The summed E-state index contributed by atoms with van der Waals surface area (Å²) in [4.78, 5) is 22.7. The lowest BCUT2D eigenvalue weighted by Crippen LogP contribution is -2.20. The van der Waals surface area contributed by atoms with E-state index in [2.05, 4.69) is 5.32 Å². The number of primary amides is 1. The topological polar surface area (TPSA) is 107 Å². The summed E-state index contributed by atoms with van der Waals surface area (Å²) in [5.74, 6) is -0.309. The summed E-state index contributed by atoms with van der Waals surface area (Å²) in [5.41, 5.74) is 12.2. The molecule has 0 aliphatic rings. The van der Waals surface area contributed by atoms with E-state index in [1.54, 1.807) is 36.4 Å². The van der Waals surface area contributed by atoms with E-state index in [9.17, 15) is 9.59 Å². The summed E-state index contributed by atoms with van der Waals surface area (Å²) in [7, 11) is 0. The molecule has 21 heavy (non-hydrogen) atoms. The third-order valence-electron chi connectivity index (χ3n) is 2.68. The summed E-state index contributed by atoms with van der Waals surface area (Å²) in [5, 5.41) is 2.65. The standard InChI is InChI=1S/C15H15N3O3/c16-11-2-1-3-13(8-11)21-9-14(19)18-12-6-4-10(5-7-12)15(17)20/h1-8H,9,16H2,(H2,17,20)(H,18,19). The fraction of sp³-hybridized carbons (Fsp3) is 0.0667. The number of hydrogen-bond acceptors (Lipinski definition) is 4. The van der Waals surface area contributed by atoms with Crippen LogP contribution in [0, 0.1) is 0 Å². The van der Waals surface area contributed by atoms with Gasteiger partial charge in [-0.1, -0.05) is 6.07 Å². The van der Waals surface area contributed by atoms with Crippen molar-refractivity contribution in [2.75, 3.05) is 17.7 Å². The van der Waals surface area contributed by atoms with Gasteiger partial charge in [-0.2, -0.15) is 0 Å². The minimum atomic E-state index is -0.516. The van der Waals surface area contributed by atoms with E-state index in [0.717, 1.165) is 0 Å². The Bertz CT molecular complexity index is 653. The molecule has 0 fully saturated rings. The summed E-state index contributed by atoms with van der Waals surface area (Å²) in [6, 6.07) is 13.1. The molecule has 0 unspecified atom stereocenters. The number of hydrogen-bond donors (Lipinski definition) is 3. The second kappa shape index (κ2) is 6.42. The highest BCUT2D eigenvalue weighted by Gasteiger charge is 2.05. The molecule has 0 saturated heterocycles. The average molecular weight is 285 g/mol. The molecule has 2 aromatic rings. The summed E-state index contributed by atoms with van der Waals surface area (Å²) < 4.78 is 5.32. The van der Waals surface area contributed by atoms with Crippen LogP contribution in [0.4, 0.5) is 11.4 Å². The zero-order valence-corrected chi connectivity index (χ0v) is 11.2. The maximum Gasteiger partial charge on any atom is 0.262 e. The van der Waals surface area contributed by atoms with Crippen molar-refractivity contribution in [2.24, 2.45) is 5.73 Å². The van der Waals surface area contributed by atoms with E-state index >= 15 is 0 Å². The number of carbonyl (C=O) groups is 2. The predicted molar refractivity (Wildman–Crippen MR) is 79.9 cm³/mol. The lowest BCUT2D eigenvalue weighted by Gasteiger charge is -2.08. The fourth-order valence-corrected chi connectivity index (χ4v) is 1.67. The van der Waals surface area contributed by atoms with E-state index in [0.29, 0.717) is 22.7 Å². The predicted octanol–water partition coefficient (Wildman–Crippen LogP) is 1.39. The van der Waals surface area contributed by atoms with Gasteiger partial charge in [-0.15, -0.1) is 0 Å². The van der Waals surface area contributed by atoms with Gasteiger partial charge in [-0.3, -0.25) is 9.59 Å². The van der Waals surface area contributed by atoms with Gasteiger partial charge >= 0.3 is 0 Å². The van der Waals surface area contributed by atoms with Gasteiger partial charge in [-0.25, -0.2) is 0 Å². The third kappa shape index (κ3) is 4.24. The molecule has 6 nitrogen and oxygen atoms in total. The number of nitrogens with one attached hydrogen (secondary N) is 1. The second-order valence-corrected chi connectivity index (χ2v) is 4.35. The normalized spacial score (nSPS) is 9.90. The van der Waals surface area contributed by atoms with Gasteiger partial charge < -0.3 is 21.5 Å². The van der Waals surface area contributed by atoms with Crippen LogP contribution >= 0.6 is 0 Å². The first-order valence-electron chi connectivity index (χ1n) is 6.22. The molecule has 2 amide bonds. The van der Waals surface area contributed by atoms with Crippen LogP contribution in [0.2, 0.25) is 0 Å². The Morgan fingerprint density at radius 1 is 1.10 bits per heavy atom. The first kappa shape index (κ1) is 14.4. The van der Waals surface area contributed by atoms with Crippen molar-refractivity contribution in [3.8, 4) is 5.75 Å². The molecule has 0 saturated carbocycles. The maximum atomic E-state index is 11.7.